The van der Waals surface area contributed by atoms with Gasteiger partial charge in [-0.1, -0.05) is 388 Å². The number of carbonyl (C=O) groups is 3. The van der Waals surface area contributed by atoms with Gasteiger partial charge in [0.05, 0.1) is 0 Å². The summed E-state index contributed by atoms with van der Waals surface area (Å²) in [6, 6.07) is 0. The van der Waals surface area contributed by atoms with Crippen molar-refractivity contribution in [1.82, 2.24) is 35.6 Å². The minimum atomic E-state index is 0.0789. The highest BCUT2D eigenvalue weighted by Crippen LogP contribution is 2.18. The van der Waals surface area contributed by atoms with E-state index in [4.69, 9.17) is 0 Å². The molecule has 0 heterocycles. The Morgan fingerprint density at radius 3 is 0.430 bits per heavy atom. The molecule has 596 valence electrons. The first-order valence-electron chi connectivity index (χ1n) is 46.0. The summed E-state index contributed by atoms with van der Waals surface area (Å²) in [6.07, 6.45) is 86.0. The average Bonchev–Trinajstić information content (AvgIpc) is 3.69. The lowest BCUT2D eigenvalue weighted by Gasteiger charge is -2.24. The predicted octanol–water partition coefficient (Wildman–Crippen LogP) is 25.4. The van der Waals surface area contributed by atoms with E-state index in [1.807, 2.05) is 0 Å². The van der Waals surface area contributed by atoms with Crippen LogP contribution in [-0.2, 0) is 14.4 Å². The number of amides is 3. The fourth-order valence-corrected chi connectivity index (χ4v) is 14.9. The molecule has 0 saturated carbocycles. The van der Waals surface area contributed by atoms with Crippen LogP contribution in [-0.4, -0.2) is 135 Å². The van der Waals surface area contributed by atoms with Gasteiger partial charge in [0.1, 0.15) is 0 Å². The minimum absolute atomic E-state index is 0.0789. The van der Waals surface area contributed by atoms with Crippen LogP contribution in [0.25, 0.3) is 0 Å². The van der Waals surface area contributed by atoms with Gasteiger partial charge in [-0.15, -0.1) is 0 Å². The Labute approximate surface area is 627 Å². The highest BCUT2D eigenvalue weighted by atomic mass is 16.2. The number of rotatable bonds is 87. The van der Waals surface area contributed by atoms with Gasteiger partial charge >= 0.3 is 0 Å². The van der Waals surface area contributed by atoms with E-state index in [1.54, 1.807) is 0 Å². The molecule has 0 aromatic heterocycles. The molecule has 3 N–H and O–H groups in total. The molecule has 0 aromatic carbocycles. The molecule has 0 aliphatic carbocycles. The van der Waals surface area contributed by atoms with Gasteiger partial charge in [0, 0.05) is 58.5 Å². The van der Waals surface area contributed by atoms with Crippen molar-refractivity contribution < 1.29 is 14.4 Å². The molecule has 3 amide bonds. The van der Waals surface area contributed by atoms with Crippen molar-refractivity contribution in [2.75, 3.05) is 98.2 Å². The summed E-state index contributed by atoms with van der Waals surface area (Å²) in [5.74, 6) is 0.237. The molecule has 0 bridgehead atoms. The molecule has 0 spiro atoms. The number of unbranched alkanes of at least 4 members (excludes halogenated alkanes) is 54. The lowest BCUT2D eigenvalue weighted by molar-refractivity contribution is -0.121. The van der Waals surface area contributed by atoms with Crippen LogP contribution in [0.4, 0.5) is 0 Å². The normalized spacial score (nSPS) is 11.8. The van der Waals surface area contributed by atoms with Crippen LogP contribution in [0, 0.1) is 0 Å². The molecule has 0 saturated heterocycles. The molecule has 0 aliphatic heterocycles. The van der Waals surface area contributed by atoms with Crippen molar-refractivity contribution in [3.63, 3.8) is 0 Å². The summed E-state index contributed by atoms with van der Waals surface area (Å²) in [7, 11) is 0. The number of hydrogen-bond acceptors (Lipinski definition) is 7. The molecule has 0 unspecified atom stereocenters. The third-order valence-electron chi connectivity index (χ3n) is 21.9. The first-order chi connectivity index (χ1) is 49.3. The number of hydrogen-bond donors (Lipinski definition) is 3. The van der Waals surface area contributed by atoms with Crippen molar-refractivity contribution in [2.45, 2.75) is 465 Å². The van der Waals surface area contributed by atoms with E-state index in [-0.39, 0.29) is 17.7 Å². The third-order valence-corrected chi connectivity index (χ3v) is 21.9. The number of nitrogens with zero attached hydrogens (tertiary/aromatic N) is 4. The van der Waals surface area contributed by atoms with Gasteiger partial charge in [-0.05, 0) is 117 Å². The smallest absolute Gasteiger partial charge is 0.221 e. The van der Waals surface area contributed by atoms with Crippen molar-refractivity contribution in [3.05, 3.63) is 0 Å². The van der Waals surface area contributed by atoms with Gasteiger partial charge in [-0.3, -0.25) is 14.4 Å². The van der Waals surface area contributed by atoms with Crippen LogP contribution in [0.1, 0.15) is 465 Å². The molecule has 100 heavy (non-hydrogen) atoms. The molecular weight excluding hydrogens is 1230 g/mol. The minimum Gasteiger partial charge on any atom is -0.356 e. The first kappa shape index (κ1) is 98.2. The second-order valence-corrected chi connectivity index (χ2v) is 31.8. The van der Waals surface area contributed by atoms with Gasteiger partial charge in [-0.25, -0.2) is 0 Å². The van der Waals surface area contributed by atoms with Crippen LogP contribution in [0.15, 0.2) is 0 Å². The zero-order chi connectivity index (χ0) is 72.4. The molecule has 0 aliphatic rings. The Hall–Kier alpha value is -1.75. The van der Waals surface area contributed by atoms with Crippen molar-refractivity contribution in [1.29, 1.82) is 0 Å². The van der Waals surface area contributed by atoms with Gasteiger partial charge < -0.3 is 35.6 Å². The van der Waals surface area contributed by atoms with E-state index >= 15 is 0 Å². The second-order valence-electron chi connectivity index (χ2n) is 31.8. The highest BCUT2D eigenvalue weighted by Gasteiger charge is 2.15. The molecule has 0 aromatic rings. The Morgan fingerprint density at radius 2 is 0.280 bits per heavy atom. The van der Waals surface area contributed by atoms with Crippen LogP contribution in [0.2, 0.25) is 0 Å². The fraction of sp³-hybridized carbons (Fsp3) is 0.967. The van der Waals surface area contributed by atoms with Crippen molar-refractivity contribution in [2.24, 2.45) is 0 Å². The number of nitrogens with one attached hydrogen (secondary N) is 3. The van der Waals surface area contributed by atoms with E-state index in [0.29, 0.717) is 58.5 Å². The van der Waals surface area contributed by atoms with Crippen LogP contribution in [0.3, 0.4) is 0 Å². The van der Waals surface area contributed by atoms with Crippen LogP contribution < -0.4 is 16.0 Å². The van der Waals surface area contributed by atoms with E-state index in [9.17, 15) is 14.4 Å². The van der Waals surface area contributed by atoms with Gasteiger partial charge in [0.25, 0.3) is 0 Å². The van der Waals surface area contributed by atoms with Crippen molar-refractivity contribution >= 4 is 17.7 Å². The first-order valence-corrected chi connectivity index (χ1v) is 46.0. The monoisotopic (exact) mass is 1410 g/mol. The maximum Gasteiger partial charge on any atom is 0.221 e. The summed E-state index contributed by atoms with van der Waals surface area (Å²) >= 11 is 0. The quantitative estimate of drug-likeness (QED) is 0.0522. The second kappa shape index (κ2) is 84.5. The summed E-state index contributed by atoms with van der Waals surface area (Å²) in [4.78, 5) is 51.1. The van der Waals surface area contributed by atoms with Gasteiger partial charge in [0.2, 0.25) is 17.7 Å². The highest BCUT2D eigenvalue weighted by molar-refractivity contribution is 5.77. The SMILES string of the molecule is CCCCCCCCCCCCN(CCCCCCCCCCCC)CCCNC(=O)CCN(CCC(=O)NCCCN(CCCCCCCCCCCC)CCCCCCCCCCCC)CCC(=O)NCCCN(CCCCCCCCCCCC)CCCCCCCCCCCC. The Bertz CT molecular complexity index is 1350. The third kappa shape index (κ3) is 77.4. The van der Waals surface area contributed by atoms with E-state index < -0.39 is 0 Å². The van der Waals surface area contributed by atoms with Crippen molar-refractivity contribution in [3.8, 4) is 0 Å². The summed E-state index contributed by atoms with van der Waals surface area (Å²) in [5.41, 5.74) is 0. The van der Waals surface area contributed by atoms with Gasteiger partial charge in [0.15, 0.2) is 0 Å². The standard InChI is InChI=1S/C90H183N7O3/c1-7-13-19-25-31-37-43-49-55-61-76-94(77-62-56-50-44-38-32-26-20-14-8-2)82-67-73-91-88(98)70-85-97(86-71-89(99)92-74-68-83-95(78-63-57-51-45-39-33-27-21-15-9-3)79-64-58-52-46-40-34-28-22-16-10-4)87-72-90(100)93-75-69-84-96(80-65-59-53-47-41-35-29-23-17-11-5)81-66-60-54-48-42-36-30-24-18-12-6/h7-87H2,1-6H3,(H,91,98)(H,92,99)(H,93,100). The Morgan fingerprint density at radius 1 is 0.160 bits per heavy atom. The number of carbonyl (C=O) groups excluding carboxylic acids is 3. The molecule has 0 fully saturated rings. The Balaban J connectivity index is 5.69. The average molecular weight is 1410 g/mol. The van der Waals surface area contributed by atoms with E-state index in [1.165, 1.54) is 425 Å². The topological polar surface area (TPSA) is 100 Å². The van der Waals surface area contributed by atoms with E-state index in [0.717, 1.165) is 38.9 Å². The maximum absolute atomic E-state index is 13.6. The maximum atomic E-state index is 13.6. The molecule has 0 rings (SSSR count). The molecule has 0 radical (unpaired) electrons. The predicted molar refractivity (Wildman–Crippen MR) is 444 cm³/mol. The zero-order valence-corrected chi connectivity index (χ0v) is 69.3. The van der Waals surface area contributed by atoms with Crippen LogP contribution >= 0.6 is 0 Å². The summed E-state index contributed by atoms with van der Waals surface area (Å²) in [5, 5.41) is 9.88. The lowest BCUT2D eigenvalue weighted by Crippen LogP contribution is -2.38. The molecule has 10 heteroatoms. The van der Waals surface area contributed by atoms with Gasteiger partial charge in [-0.2, -0.15) is 0 Å². The fourth-order valence-electron chi connectivity index (χ4n) is 14.9. The van der Waals surface area contributed by atoms with E-state index in [2.05, 4.69) is 77.1 Å². The lowest BCUT2D eigenvalue weighted by atomic mass is 10.1. The molecular formula is C90H183N7O3. The Kier molecular flexibility index (Phi) is 83.0. The largest absolute Gasteiger partial charge is 0.356 e. The zero-order valence-electron chi connectivity index (χ0n) is 69.3. The van der Waals surface area contributed by atoms with Crippen LogP contribution in [0.5, 0.6) is 0 Å². The molecule has 10 nitrogen and oxygen atoms in total. The summed E-state index contributed by atoms with van der Waals surface area (Å²) < 4.78 is 0. The molecule has 0 atom stereocenters. The summed E-state index contributed by atoms with van der Waals surface area (Å²) in [6.45, 7) is 27.7.